The summed E-state index contributed by atoms with van der Waals surface area (Å²) < 4.78 is 26.7. The molecule has 0 aromatic heterocycles. The topological polar surface area (TPSA) is 0 Å². The van der Waals surface area contributed by atoms with Crippen molar-refractivity contribution >= 4 is 15.9 Å². The van der Waals surface area contributed by atoms with Crippen molar-refractivity contribution in [3.8, 4) is 0 Å². The first kappa shape index (κ1) is 13.2. The standard InChI is InChI=1S/C15H13BrF2/c1-10-3-2-4-11(7-10)8-14(16)13-9-12(17)5-6-15(13)18/h2-7,9,14H,8H2,1H3. The number of halogens is 3. The lowest BCUT2D eigenvalue weighted by Gasteiger charge is -2.12. The van der Waals surface area contributed by atoms with Crippen LogP contribution in [-0.4, -0.2) is 0 Å². The summed E-state index contributed by atoms with van der Waals surface area (Å²) in [5.41, 5.74) is 2.61. The third-order valence-corrected chi connectivity index (χ3v) is 3.61. The summed E-state index contributed by atoms with van der Waals surface area (Å²) in [6, 6.07) is 11.5. The van der Waals surface area contributed by atoms with Crippen LogP contribution in [0.3, 0.4) is 0 Å². The lowest BCUT2D eigenvalue weighted by molar-refractivity contribution is 0.583. The van der Waals surface area contributed by atoms with E-state index in [2.05, 4.69) is 15.9 Å². The highest BCUT2D eigenvalue weighted by atomic mass is 79.9. The molecule has 0 heterocycles. The molecule has 0 bridgehead atoms. The van der Waals surface area contributed by atoms with Crippen molar-refractivity contribution in [3.05, 3.63) is 70.8 Å². The molecule has 0 amide bonds. The summed E-state index contributed by atoms with van der Waals surface area (Å²) in [4.78, 5) is -0.227. The van der Waals surface area contributed by atoms with E-state index in [9.17, 15) is 8.78 Å². The molecule has 0 spiro atoms. The van der Waals surface area contributed by atoms with E-state index in [1.54, 1.807) is 0 Å². The summed E-state index contributed by atoms with van der Waals surface area (Å²) >= 11 is 3.43. The summed E-state index contributed by atoms with van der Waals surface area (Å²) in [7, 11) is 0. The van der Waals surface area contributed by atoms with E-state index in [-0.39, 0.29) is 10.6 Å². The molecule has 0 N–H and O–H groups in total. The molecule has 94 valence electrons. The van der Waals surface area contributed by atoms with Crippen LogP contribution in [0.4, 0.5) is 8.78 Å². The van der Waals surface area contributed by atoms with Gasteiger partial charge in [0.05, 0.1) is 0 Å². The molecule has 0 aliphatic carbocycles. The molecule has 0 saturated heterocycles. The van der Waals surface area contributed by atoms with Crippen LogP contribution in [0.1, 0.15) is 21.5 Å². The van der Waals surface area contributed by atoms with Crippen LogP contribution in [0.5, 0.6) is 0 Å². The Bertz CT molecular complexity index is 552. The van der Waals surface area contributed by atoms with Crippen molar-refractivity contribution in [3.63, 3.8) is 0 Å². The van der Waals surface area contributed by atoms with Gasteiger partial charge in [-0.2, -0.15) is 0 Å². The van der Waals surface area contributed by atoms with Crippen LogP contribution in [0.25, 0.3) is 0 Å². The van der Waals surface area contributed by atoms with E-state index in [4.69, 9.17) is 0 Å². The minimum absolute atomic E-state index is 0.227. The molecule has 2 rings (SSSR count). The second-order valence-electron chi connectivity index (χ2n) is 4.33. The predicted octanol–water partition coefficient (Wildman–Crippen LogP) is 4.95. The molecule has 0 saturated carbocycles. The van der Waals surface area contributed by atoms with Gasteiger partial charge in [0.2, 0.25) is 0 Å². The van der Waals surface area contributed by atoms with Gasteiger partial charge in [0, 0.05) is 10.4 Å². The summed E-state index contributed by atoms with van der Waals surface area (Å²) in [6.07, 6.45) is 0.627. The van der Waals surface area contributed by atoms with Gasteiger partial charge < -0.3 is 0 Å². The van der Waals surface area contributed by atoms with Gasteiger partial charge in [-0.25, -0.2) is 8.78 Å². The van der Waals surface area contributed by atoms with Crippen molar-refractivity contribution in [2.24, 2.45) is 0 Å². The van der Waals surface area contributed by atoms with Gasteiger partial charge in [-0.05, 0) is 37.1 Å². The number of aryl methyl sites for hydroxylation is 1. The highest BCUT2D eigenvalue weighted by Gasteiger charge is 2.14. The van der Waals surface area contributed by atoms with Crippen LogP contribution < -0.4 is 0 Å². The fraction of sp³-hybridized carbons (Fsp3) is 0.200. The first-order chi connectivity index (χ1) is 8.56. The number of rotatable bonds is 3. The fourth-order valence-corrected chi connectivity index (χ4v) is 2.64. The van der Waals surface area contributed by atoms with Gasteiger partial charge >= 0.3 is 0 Å². The number of hydrogen-bond acceptors (Lipinski definition) is 0. The van der Waals surface area contributed by atoms with Crippen molar-refractivity contribution < 1.29 is 8.78 Å². The maximum Gasteiger partial charge on any atom is 0.127 e. The molecule has 3 heteroatoms. The zero-order valence-corrected chi connectivity index (χ0v) is 11.5. The zero-order chi connectivity index (χ0) is 13.1. The fourth-order valence-electron chi connectivity index (χ4n) is 1.91. The molecule has 0 aliphatic rings. The number of alkyl halides is 1. The molecule has 0 radical (unpaired) electrons. The SMILES string of the molecule is Cc1cccc(CC(Br)c2cc(F)ccc2F)c1. The van der Waals surface area contributed by atoms with Crippen molar-refractivity contribution in [2.45, 2.75) is 18.2 Å². The summed E-state index contributed by atoms with van der Waals surface area (Å²) in [6.45, 7) is 2.01. The summed E-state index contributed by atoms with van der Waals surface area (Å²) in [5.74, 6) is -0.800. The normalized spacial score (nSPS) is 12.4. The predicted molar refractivity (Wildman–Crippen MR) is 72.9 cm³/mol. The maximum absolute atomic E-state index is 13.6. The molecule has 0 fully saturated rings. The minimum atomic E-state index is -0.417. The zero-order valence-electron chi connectivity index (χ0n) is 9.96. The molecule has 2 aromatic rings. The Kier molecular flexibility index (Phi) is 4.12. The lowest BCUT2D eigenvalue weighted by atomic mass is 10.0. The van der Waals surface area contributed by atoms with Gasteiger partial charge in [0.1, 0.15) is 11.6 Å². The van der Waals surface area contributed by atoms with Crippen LogP contribution in [0, 0.1) is 18.6 Å². The third-order valence-electron chi connectivity index (χ3n) is 2.79. The Hall–Kier alpha value is -1.22. The van der Waals surface area contributed by atoms with E-state index in [0.717, 1.165) is 23.3 Å². The van der Waals surface area contributed by atoms with Crippen molar-refractivity contribution in [1.29, 1.82) is 0 Å². The van der Waals surface area contributed by atoms with E-state index in [1.165, 1.54) is 6.07 Å². The average molecular weight is 311 g/mol. The first-order valence-electron chi connectivity index (χ1n) is 5.71. The van der Waals surface area contributed by atoms with Gasteiger partial charge in [0.15, 0.2) is 0 Å². The average Bonchev–Trinajstić information content (AvgIpc) is 2.32. The maximum atomic E-state index is 13.6. The highest BCUT2D eigenvalue weighted by molar-refractivity contribution is 9.09. The molecule has 0 aliphatic heterocycles. The molecule has 2 aromatic carbocycles. The molecule has 1 unspecified atom stereocenters. The Balaban J connectivity index is 2.21. The van der Waals surface area contributed by atoms with Gasteiger partial charge in [-0.3, -0.25) is 0 Å². The Morgan fingerprint density at radius 1 is 1.11 bits per heavy atom. The van der Waals surface area contributed by atoms with E-state index < -0.39 is 5.82 Å². The third kappa shape index (κ3) is 3.16. The van der Waals surface area contributed by atoms with Gasteiger partial charge in [-0.15, -0.1) is 0 Å². The van der Waals surface area contributed by atoms with Crippen molar-refractivity contribution in [2.75, 3.05) is 0 Å². The second kappa shape index (κ2) is 5.61. The largest absolute Gasteiger partial charge is 0.207 e. The molecular weight excluding hydrogens is 298 g/mol. The second-order valence-corrected chi connectivity index (χ2v) is 5.43. The molecule has 1 atom stereocenters. The number of hydrogen-bond donors (Lipinski definition) is 0. The monoisotopic (exact) mass is 310 g/mol. The van der Waals surface area contributed by atoms with Crippen LogP contribution in [-0.2, 0) is 6.42 Å². The van der Waals surface area contributed by atoms with Crippen LogP contribution in [0.2, 0.25) is 0 Å². The Labute approximate surface area is 114 Å². The quantitative estimate of drug-likeness (QED) is 0.703. The summed E-state index contributed by atoms with van der Waals surface area (Å²) in [5, 5.41) is 0. The van der Waals surface area contributed by atoms with Gasteiger partial charge in [0.25, 0.3) is 0 Å². The van der Waals surface area contributed by atoms with Crippen molar-refractivity contribution in [1.82, 2.24) is 0 Å². The molecular formula is C15H13BrF2. The van der Waals surface area contributed by atoms with Gasteiger partial charge in [-0.1, -0.05) is 45.8 Å². The molecule has 0 nitrogen and oxygen atoms in total. The highest BCUT2D eigenvalue weighted by Crippen LogP contribution is 2.29. The smallest absolute Gasteiger partial charge is 0.127 e. The van der Waals surface area contributed by atoms with Crippen LogP contribution >= 0.6 is 15.9 Å². The molecule has 18 heavy (non-hydrogen) atoms. The Morgan fingerprint density at radius 2 is 1.89 bits per heavy atom. The Morgan fingerprint density at radius 3 is 2.61 bits per heavy atom. The minimum Gasteiger partial charge on any atom is -0.207 e. The lowest BCUT2D eigenvalue weighted by Crippen LogP contribution is -1.99. The first-order valence-corrected chi connectivity index (χ1v) is 6.62. The van der Waals surface area contributed by atoms with Crippen LogP contribution in [0.15, 0.2) is 42.5 Å². The van der Waals surface area contributed by atoms with E-state index >= 15 is 0 Å². The number of benzene rings is 2. The van der Waals surface area contributed by atoms with E-state index in [1.807, 2.05) is 31.2 Å². The van der Waals surface area contributed by atoms with E-state index in [0.29, 0.717) is 12.0 Å².